The fraction of sp³-hybridized carbons (Fsp3) is 0.885. The van der Waals surface area contributed by atoms with Gasteiger partial charge < -0.3 is 42.6 Å². The molecule has 0 aromatic rings. The predicted octanol–water partition coefficient (Wildman–Crippen LogP) is 3.02. The molecule has 0 heterocycles. The molecule has 0 N–H and O–H groups in total. The van der Waals surface area contributed by atoms with Crippen molar-refractivity contribution >= 4 is 5.97 Å². The zero-order chi connectivity index (χ0) is 26.4. The number of esters is 1. The van der Waals surface area contributed by atoms with Gasteiger partial charge in [-0.15, -0.1) is 0 Å². The van der Waals surface area contributed by atoms with Crippen LogP contribution in [0.3, 0.4) is 0 Å². The predicted molar refractivity (Wildman–Crippen MR) is 136 cm³/mol. The second-order valence-corrected chi connectivity index (χ2v) is 7.74. The third kappa shape index (κ3) is 25.8. The third-order valence-corrected chi connectivity index (χ3v) is 4.90. The molecule has 0 aliphatic carbocycles. The molecule has 0 fully saturated rings. The number of ether oxygens (including phenoxy) is 9. The van der Waals surface area contributed by atoms with Crippen molar-refractivity contribution in [2.45, 2.75) is 39.5 Å². The highest BCUT2D eigenvalue weighted by Crippen LogP contribution is 2.14. The Labute approximate surface area is 217 Å². The molecule has 0 aromatic carbocycles. The molecule has 0 rings (SSSR count). The van der Waals surface area contributed by atoms with Crippen LogP contribution in [0.25, 0.3) is 0 Å². The van der Waals surface area contributed by atoms with Crippen LogP contribution in [0.2, 0.25) is 0 Å². The fourth-order valence-corrected chi connectivity index (χ4v) is 2.87. The quantitative estimate of drug-likeness (QED) is 0.0795. The number of hydrogen-bond donors (Lipinski definition) is 0. The van der Waals surface area contributed by atoms with Crippen LogP contribution < -0.4 is 0 Å². The van der Waals surface area contributed by atoms with Crippen molar-refractivity contribution in [3.63, 3.8) is 0 Å². The highest BCUT2D eigenvalue weighted by Gasteiger charge is 2.16. The molecule has 1 unspecified atom stereocenters. The Bertz CT molecular complexity index is 464. The molecule has 10 heteroatoms. The van der Waals surface area contributed by atoms with Crippen molar-refractivity contribution in [1.29, 1.82) is 0 Å². The summed E-state index contributed by atoms with van der Waals surface area (Å²) >= 11 is 0. The van der Waals surface area contributed by atoms with Gasteiger partial charge in [-0.25, -0.2) is 0 Å². The maximum Gasteiger partial charge on any atom is 0.308 e. The Balaban J connectivity index is 3.17. The molecule has 0 bridgehead atoms. The minimum Gasteiger partial charge on any atom is -0.499 e. The second-order valence-electron chi connectivity index (χ2n) is 7.74. The van der Waals surface area contributed by atoms with Crippen LogP contribution in [0.1, 0.15) is 39.5 Å². The molecular formula is C26H50O10. The van der Waals surface area contributed by atoms with Gasteiger partial charge >= 0.3 is 5.97 Å². The molecule has 36 heavy (non-hydrogen) atoms. The standard InChI is InChI=1S/C26H50O10/c1-4-7-8-25(5-2)26(27)36-24-23-35-22-21-34-20-19-33-18-17-32-16-15-31-14-13-30-12-11-29-10-9-28-6-3/h6,25H,3-5,7-24H2,1-2H3. The summed E-state index contributed by atoms with van der Waals surface area (Å²) in [7, 11) is 0. The van der Waals surface area contributed by atoms with Crippen LogP contribution in [0, 0.1) is 5.92 Å². The lowest BCUT2D eigenvalue weighted by molar-refractivity contribution is -0.150. The van der Waals surface area contributed by atoms with E-state index in [1.807, 2.05) is 6.92 Å². The Morgan fingerprint density at radius 2 is 0.972 bits per heavy atom. The van der Waals surface area contributed by atoms with Crippen molar-refractivity contribution in [1.82, 2.24) is 0 Å². The van der Waals surface area contributed by atoms with Crippen LogP contribution in [-0.4, -0.2) is 112 Å². The average molecular weight is 523 g/mol. The number of rotatable bonds is 30. The Kier molecular flexibility index (Phi) is 28.9. The molecule has 214 valence electrons. The summed E-state index contributed by atoms with van der Waals surface area (Å²) in [5, 5.41) is 0. The maximum absolute atomic E-state index is 12.0. The zero-order valence-electron chi connectivity index (χ0n) is 22.6. The van der Waals surface area contributed by atoms with Crippen LogP contribution >= 0.6 is 0 Å². The van der Waals surface area contributed by atoms with Crippen molar-refractivity contribution in [2.75, 3.05) is 106 Å². The largest absolute Gasteiger partial charge is 0.499 e. The lowest BCUT2D eigenvalue weighted by Gasteiger charge is -2.13. The van der Waals surface area contributed by atoms with Gasteiger partial charge in [0.15, 0.2) is 0 Å². The van der Waals surface area contributed by atoms with E-state index in [-0.39, 0.29) is 18.5 Å². The van der Waals surface area contributed by atoms with Gasteiger partial charge in [0.05, 0.1) is 105 Å². The smallest absolute Gasteiger partial charge is 0.308 e. The van der Waals surface area contributed by atoms with E-state index in [2.05, 4.69) is 13.5 Å². The summed E-state index contributed by atoms with van der Waals surface area (Å²) in [5.74, 6) is -0.114. The molecule has 1 atom stereocenters. The molecule has 0 amide bonds. The van der Waals surface area contributed by atoms with Crippen molar-refractivity contribution in [3.8, 4) is 0 Å². The molecule has 0 aromatic heterocycles. The minimum absolute atomic E-state index is 0.00260. The van der Waals surface area contributed by atoms with Gasteiger partial charge in [0.25, 0.3) is 0 Å². The lowest BCUT2D eigenvalue weighted by Crippen LogP contribution is -2.20. The van der Waals surface area contributed by atoms with E-state index in [9.17, 15) is 4.79 Å². The summed E-state index contributed by atoms with van der Waals surface area (Å²) in [4.78, 5) is 12.0. The zero-order valence-corrected chi connectivity index (χ0v) is 22.6. The van der Waals surface area contributed by atoms with Crippen LogP contribution in [0.15, 0.2) is 12.8 Å². The SMILES string of the molecule is C=COCCOCCOCCOCCOCCOCCOCCOCCOC(=O)C(CC)CCCC. The topological polar surface area (TPSA) is 100 Å². The van der Waals surface area contributed by atoms with Crippen LogP contribution in [0.4, 0.5) is 0 Å². The molecule has 0 saturated carbocycles. The van der Waals surface area contributed by atoms with Crippen molar-refractivity contribution < 1.29 is 47.4 Å². The molecule has 0 aliphatic heterocycles. The van der Waals surface area contributed by atoms with E-state index in [1.54, 1.807) is 0 Å². The molecule has 0 aliphatic rings. The lowest BCUT2D eigenvalue weighted by atomic mass is 10.00. The first-order valence-corrected chi connectivity index (χ1v) is 13.2. The molecule has 0 spiro atoms. The van der Waals surface area contributed by atoms with E-state index in [0.29, 0.717) is 99.1 Å². The van der Waals surface area contributed by atoms with Crippen LogP contribution in [0.5, 0.6) is 0 Å². The normalized spacial score (nSPS) is 11.9. The first kappa shape index (κ1) is 34.7. The Morgan fingerprint density at radius 3 is 1.31 bits per heavy atom. The summed E-state index contributed by atoms with van der Waals surface area (Å²) in [6.45, 7) is 15.3. The van der Waals surface area contributed by atoms with Gasteiger partial charge in [0, 0.05) is 0 Å². The Hall–Kier alpha value is -1.27. The fourth-order valence-electron chi connectivity index (χ4n) is 2.87. The maximum atomic E-state index is 12.0. The monoisotopic (exact) mass is 522 g/mol. The summed E-state index contributed by atoms with van der Waals surface area (Å²) in [5.41, 5.74) is 0. The van der Waals surface area contributed by atoms with Gasteiger partial charge in [-0.2, -0.15) is 0 Å². The van der Waals surface area contributed by atoms with Crippen molar-refractivity contribution in [2.24, 2.45) is 5.92 Å². The van der Waals surface area contributed by atoms with E-state index in [1.165, 1.54) is 6.26 Å². The van der Waals surface area contributed by atoms with E-state index in [4.69, 9.17) is 42.6 Å². The highest BCUT2D eigenvalue weighted by molar-refractivity contribution is 5.72. The van der Waals surface area contributed by atoms with Gasteiger partial charge in [0.2, 0.25) is 0 Å². The van der Waals surface area contributed by atoms with Gasteiger partial charge in [0.1, 0.15) is 13.2 Å². The number of carbonyl (C=O) groups is 1. The highest BCUT2D eigenvalue weighted by atomic mass is 16.6. The van der Waals surface area contributed by atoms with E-state index >= 15 is 0 Å². The molecule has 10 nitrogen and oxygen atoms in total. The molecular weight excluding hydrogens is 472 g/mol. The number of unbranched alkanes of at least 4 members (excludes halogenated alkanes) is 1. The summed E-state index contributed by atoms with van der Waals surface area (Å²) in [6, 6.07) is 0. The molecule has 0 saturated heterocycles. The van der Waals surface area contributed by atoms with Crippen LogP contribution in [-0.2, 0) is 47.4 Å². The summed E-state index contributed by atoms with van der Waals surface area (Å²) < 4.78 is 48.1. The second kappa shape index (κ2) is 30.0. The number of hydrogen-bond acceptors (Lipinski definition) is 10. The number of carbonyl (C=O) groups excluding carboxylic acids is 1. The third-order valence-electron chi connectivity index (χ3n) is 4.90. The minimum atomic E-state index is -0.117. The van der Waals surface area contributed by atoms with Gasteiger partial charge in [-0.05, 0) is 12.8 Å². The summed E-state index contributed by atoms with van der Waals surface area (Å²) in [6.07, 6.45) is 5.24. The van der Waals surface area contributed by atoms with Crippen molar-refractivity contribution in [3.05, 3.63) is 12.8 Å². The first-order chi connectivity index (χ1) is 17.8. The van der Waals surface area contributed by atoms with E-state index < -0.39 is 0 Å². The van der Waals surface area contributed by atoms with E-state index in [0.717, 1.165) is 25.7 Å². The van der Waals surface area contributed by atoms with Gasteiger partial charge in [-0.3, -0.25) is 4.79 Å². The first-order valence-electron chi connectivity index (χ1n) is 13.2. The van der Waals surface area contributed by atoms with Gasteiger partial charge in [-0.1, -0.05) is 33.3 Å². The average Bonchev–Trinajstić information content (AvgIpc) is 2.89. The molecule has 0 radical (unpaired) electrons. The Morgan fingerprint density at radius 1 is 0.611 bits per heavy atom.